The highest BCUT2D eigenvalue weighted by Gasteiger charge is 2.10. The molecule has 0 amide bonds. The second-order valence-electron chi connectivity index (χ2n) is 3.53. The molecule has 1 N–H and O–H groups in total. The number of esters is 1. The number of hydrogen-bond donors (Lipinski definition) is 1. The van der Waals surface area contributed by atoms with Crippen LogP contribution in [0.3, 0.4) is 0 Å². The lowest BCUT2D eigenvalue weighted by molar-refractivity contribution is -0.143. The summed E-state index contributed by atoms with van der Waals surface area (Å²) in [5, 5.41) is 3.82. The summed E-state index contributed by atoms with van der Waals surface area (Å²) >= 11 is 5.99. The van der Waals surface area contributed by atoms with Crippen LogP contribution in [0.5, 0.6) is 0 Å². The summed E-state index contributed by atoms with van der Waals surface area (Å²) in [7, 11) is 0. The lowest BCUT2D eigenvalue weighted by Gasteiger charge is -2.15. The minimum Gasteiger partial charge on any atom is -0.466 e. The van der Waals surface area contributed by atoms with Gasteiger partial charge < -0.3 is 10.1 Å². The van der Waals surface area contributed by atoms with Gasteiger partial charge in [0.05, 0.1) is 23.7 Å². The molecule has 0 spiro atoms. The van der Waals surface area contributed by atoms with E-state index >= 15 is 0 Å². The van der Waals surface area contributed by atoms with Gasteiger partial charge in [-0.1, -0.05) is 23.7 Å². The van der Waals surface area contributed by atoms with Gasteiger partial charge in [0.15, 0.2) is 0 Å². The third-order valence-electron chi connectivity index (χ3n) is 2.05. The Bertz CT molecular complexity index is 355. The standard InChI is InChI=1S/C12H16ClNO2/c1-3-16-12(15)8-9(2)14-11-7-5-4-6-10(11)13/h4-7,9,14H,3,8H2,1-2H3. The Morgan fingerprint density at radius 3 is 2.81 bits per heavy atom. The molecule has 1 atom stereocenters. The highest BCUT2D eigenvalue weighted by atomic mass is 35.5. The zero-order valence-corrected chi connectivity index (χ0v) is 10.3. The van der Waals surface area contributed by atoms with Crippen molar-refractivity contribution in [3.05, 3.63) is 29.3 Å². The van der Waals surface area contributed by atoms with Crippen molar-refractivity contribution in [1.82, 2.24) is 0 Å². The van der Waals surface area contributed by atoms with E-state index in [1.165, 1.54) is 0 Å². The van der Waals surface area contributed by atoms with E-state index in [-0.39, 0.29) is 12.0 Å². The van der Waals surface area contributed by atoms with Gasteiger partial charge in [0.1, 0.15) is 0 Å². The Kier molecular flexibility index (Phi) is 5.12. The van der Waals surface area contributed by atoms with Gasteiger partial charge in [-0.15, -0.1) is 0 Å². The molecule has 0 saturated heterocycles. The molecule has 0 fully saturated rings. The van der Waals surface area contributed by atoms with E-state index in [9.17, 15) is 4.79 Å². The number of anilines is 1. The van der Waals surface area contributed by atoms with Crippen LogP contribution in [-0.2, 0) is 9.53 Å². The van der Waals surface area contributed by atoms with Crippen molar-refractivity contribution < 1.29 is 9.53 Å². The fraction of sp³-hybridized carbons (Fsp3) is 0.417. The smallest absolute Gasteiger partial charge is 0.307 e. The Balaban J connectivity index is 2.48. The third-order valence-corrected chi connectivity index (χ3v) is 2.38. The number of nitrogens with one attached hydrogen (secondary N) is 1. The van der Waals surface area contributed by atoms with E-state index < -0.39 is 0 Å². The molecule has 1 rings (SSSR count). The quantitative estimate of drug-likeness (QED) is 0.805. The van der Waals surface area contributed by atoms with E-state index in [2.05, 4.69) is 5.32 Å². The van der Waals surface area contributed by atoms with Gasteiger partial charge in [-0.25, -0.2) is 0 Å². The first-order valence-corrected chi connectivity index (χ1v) is 5.68. The zero-order chi connectivity index (χ0) is 12.0. The first kappa shape index (κ1) is 12.8. The second kappa shape index (κ2) is 6.38. The average Bonchev–Trinajstić information content (AvgIpc) is 2.21. The molecule has 1 aromatic rings. The topological polar surface area (TPSA) is 38.3 Å². The number of para-hydroxylation sites is 1. The van der Waals surface area contributed by atoms with Crippen LogP contribution in [0.4, 0.5) is 5.69 Å². The summed E-state index contributed by atoms with van der Waals surface area (Å²) in [6.07, 6.45) is 0.332. The van der Waals surface area contributed by atoms with Gasteiger partial charge in [0, 0.05) is 6.04 Å². The highest BCUT2D eigenvalue weighted by Crippen LogP contribution is 2.21. The van der Waals surface area contributed by atoms with Crippen LogP contribution in [0.1, 0.15) is 20.3 Å². The van der Waals surface area contributed by atoms with Crippen LogP contribution in [0.2, 0.25) is 5.02 Å². The lowest BCUT2D eigenvalue weighted by atomic mass is 10.2. The number of rotatable bonds is 5. The zero-order valence-electron chi connectivity index (χ0n) is 9.50. The van der Waals surface area contributed by atoms with Crippen molar-refractivity contribution in [2.75, 3.05) is 11.9 Å². The third kappa shape index (κ3) is 4.11. The monoisotopic (exact) mass is 241 g/mol. The van der Waals surface area contributed by atoms with Crippen LogP contribution in [0.25, 0.3) is 0 Å². The van der Waals surface area contributed by atoms with Crippen LogP contribution >= 0.6 is 11.6 Å². The minimum absolute atomic E-state index is 0.000972. The number of ether oxygens (including phenoxy) is 1. The van der Waals surface area contributed by atoms with Crippen molar-refractivity contribution in [3.8, 4) is 0 Å². The highest BCUT2D eigenvalue weighted by molar-refractivity contribution is 6.33. The first-order valence-electron chi connectivity index (χ1n) is 5.30. The molecule has 0 aliphatic carbocycles. The predicted molar refractivity (Wildman–Crippen MR) is 65.8 cm³/mol. The maximum atomic E-state index is 11.2. The predicted octanol–water partition coefficient (Wildman–Crippen LogP) is 3.09. The van der Waals surface area contributed by atoms with Gasteiger partial charge in [-0.2, -0.15) is 0 Å². The van der Waals surface area contributed by atoms with Crippen LogP contribution < -0.4 is 5.32 Å². The number of halogens is 1. The van der Waals surface area contributed by atoms with E-state index in [1.807, 2.05) is 25.1 Å². The molecule has 1 aromatic carbocycles. The summed E-state index contributed by atoms with van der Waals surface area (Å²) in [5.41, 5.74) is 0.834. The van der Waals surface area contributed by atoms with Gasteiger partial charge in [0.25, 0.3) is 0 Å². The maximum absolute atomic E-state index is 11.2. The molecule has 0 aliphatic heterocycles. The number of benzene rings is 1. The summed E-state index contributed by atoms with van der Waals surface area (Å²) in [6.45, 7) is 4.13. The minimum atomic E-state index is -0.199. The van der Waals surface area contributed by atoms with Crippen molar-refractivity contribution in [2.24, 2.45) is 0 Å². The second-order valence-corrected chi connectivity index (χ2v) is 3.94. The van der Waals surface area contributed by atoms with Gasteiger partial charge in [-0.05, 0) is 26.0 Å². The average molecular weight is 242 g/mol. The molecule has 0 aromatic heterocycles. The maximum Gasteiger partial charge on any atom is 0.307 e. The molecule has 0 saturated carbocycles. The molecule has 0 radical (unpaired) electrons. The molecule has 1 unspecified atom stereocenters. The summed E-state index contributed by atoms with van der Waals surface area (Å²) in [6, 6.07) is 7.44. The molecule has 4 heteroatoms. The number of carbonyl (C=O) groups is 1. The molecular formula is C12H16ClNO2. The van der Waals surface area contributed by atoms with Crippen molar-refractivity contribution in [1.29, 1.82) is 0 Å². The molecule has 0 aliphatic rings. The largest absolute Gasteiger partial charge is 0.466 e. The number of hydrogen-bond acceptors (Lipinski definition) is 3. The first-order chi connectivity index (χ1) is 7.63. The Morgan fingerprint density at radius 2 is 2.19 bits per heavy atom. The fourth-order valence-electron chi connectivity index (χ4n) is 1.36. The molecule has 3 nitrogen and oxygen atoms in total. The van der Waals surface area contributed by atoms with Crippen molar-refractivity contribution >= 4 is 23.3 Å². The Labute approximate surface area is 101 Å². The van der Waals surface area contributed by atoms with Crippen LogP contribution in [0, 0.1) is 0 Å². The molecule has 0 bridgehead atoms. The fourth-order valence-corrected chi connectivity index (χ4v) is 1.55. The molecule has 0 heterocycles. The lowest BCUT2D eigenvalue weighted by Crippen LogP contribution is -2.21. The summed E-state index contributed by atoms with van der Waals surface area (Å²) in [4.78, 5) is 11.2. The van der Waals surface area contributed by atoms with Gasteiger partial charge >= 0.3 is 5.97 Å². The Hall–Kier alpha value is -1.22. The SMILES string of the molecule is CCOC(=O)CC(C)Nc1ccccc1Cl. The number of carbonyl (C=O) groups excluding carboxylic acids is 1. The molecule has 16 heavy (non-hydrogen) atoms. The summed E-state index contributed by atoms with van der Waals surface area (Å²) in [5.74, 6) is -0.199. The van der Waals surface area contributed by atoms with E-state index in [0.29, 0.717) is 18.1 Å². The molecular weight excluding hydrogens is 226 g/mol. The van der Waals surface area contributed by atoms with E-state index in [0.717, 1.165) is 5.69 Å². The molecule has 88 valence electrons. The van der Waals surface area contributed by atoms with Crippen molar-refractivity contribution in [2.45, 2.75) is 26.3 Å². The van der Waals surface area contributed by atoms with E-state index in [4.69, 9.17) is 16.3 Å². The Morgan fingerprint density at radius 1 is 1.50 bits per heavy atom. The van der Waals surface area contributed by atoms with Crippen LogP contribution in [-0.4, -0.2) is 18.6 Å². The summed E-state index contributed by atoms with van der Waals surface area (Å²) < 4.78 is 4.87. The van der Waals surface area contributed by atoms with Gasteiger partial charge in [0.2, 0.25) is 0 Å². The van der Waals surface area contributed by atoms with Crippen LogP contribution in [0.15, 0.2) is 24.3 Å². The van der Waals surface area contributed by atoms with Gasteiger partial charge in [-0.3, -0.25) is 4.79 Å². The van der Waals surface area contributed by atoms with Crippen molar-refractivity contribution in [3.63, 3.8) is 0 Å². The normalized spacial score (nSPS) is 11.9. The van der Waals surface area contributed by atoms with E-state index in [1.54, 1.807) is 13.0 Å².